The Labute approximate surface area is 111 Å². The minimum absolute atomic E-state index is 0.440. The van der Waals surface area contributed by atoms with Crippen LogP contribution in [0.2, 0.25) is 0 Å². The number of nitrogens with one attached hydrogen (secondary N) is 1. The lowest BCUT2D eigenvalue weighted by Gasteiger charge is -2.17. The standard InChI is InChI=1S/C16H25NO/c1-13-7-3-4-10-16(13)14(2)17-11-5-8-15-9-6-12-18-15/h3-4,7,10,14-15,17H,5-6,8-9,11-12H2,1-2H3. The third-order valence-corrected chi connectivity index (χ3v) is 3.83. The van der Waals surface area contributed by atoms with Gasteiger partial charge in [0.25, 0.3) is 0 Å². The lowest BCUT2D eigenvalue weighted by atomic mass is 10.0. The van der Waals surface area contributed by atoms with Crippen LogP contribution < -0.4 is 5.32 Å². The Morgan fingerprint density at radius 2 is 2.22 bits per heavy atom. The zero-order valence-corrected chi connectivity index (χ0v) is 11.6. The molecule has 1 aromatic rings. The Kier molecular flexibility index (Phi) is 5.21. The van der Waals surface area contributed by atoms with Crippen LogP contribution >= 0.6 is 0 Å². The van der Waals surface area contributed by atoms with Crippen LogP contribution in [0.15, 0.2) is 24.3 Å². The number of benzene rings is 1. The summed E-state index contributed by atoms with van der Waals surface area (Å²) in [6.45, 7) is 6.47. The van der Waals surface area contributed by atoms with Crippen LogP contribution in [-0.4, -0.2) is 19.3 Å². The van der Waals surface area contributed by atoms with Gasteiger partial charge in [0.15, 0.2) is 0 Å². The van der Waals surface area contributed by atoms with Gasteiger partial charge < -0.3 is 10.1 Å². The molecule has 0 aliphatic carbocycles. The zero-order chi connectivity index (χ0) is 12.8. The molecule has 2 atom stereocenters. The molecule has 2 unspecified atom stereocenters. The van der Waals surface area contributed by atoms with Crippen molar-refractivity contribution in [3.8, 4) is 0 Å². The average molecular weight is 247 g/mol. The molecular weight excluding hydrogens is 222 g/mol. The predicted octanol–water partition coefficient (Wildman–Crippen LogP) is 3.60. The Balaban J connectivity index is 1.68. The number of aryl methyl sites for hydroxylation is 1. The lowest BCUT2D eigenvalue weighted by Crippen LogP contribution is -2.21. The van der Waals surface area contributed by atoms with Crippen LogP contribution in [0.4, 0.5) is 0 Å². The lowest BCUT2D eigenvalue weighted by molar-refractivity contribution is 0.102. The van der Waals surface area contributed by atoms with Gasteiger partial charge in [0.05, 0.1) is 6.10 Å². The van der Waals surface area contributed by atoms with Crippen LogP contribution in [0.1, 0.15) is 49.8 Å². The Hall–Kier alpha value is -0.860. The molecule has 2 nitrogen and oxygen atoms in total. The first-order valence-corrected chi connectivity index (χ1v) is 7.18. The van der Waals surface area contributed by atoms with Crippen LogP contribution in [0, 0.1) is 6.92 Å². The van der Waals surface area contributed by atoms with Crippen LogP contribution in [0.5, 0.6) is 0 Å². The minimum Gasteiger partial charge on any atom is -0.378 e. The van der Waals surface area contributed by atoms with Gasteiger partial charge in [-0.15, -0.1) is 0 Å². The first-order chi connectivity index (χ1) is 8.77. The second kappa shape index (κ2) is 6.91. The maximum atomic E-state index is 5.64. The van der Waals surface area contributed by atoms with Crippen molar-refractivity contribution in [1.82, 2.24) is 5.32 Å². The summed E-state index contributed by atoms with van der Waals surface area (Å²) >= 11 is 0. The van der Waals surface area contributed by atoms with E-state index in [-0.39, 0.29) is 0 Å². The molecule has 1 N–H and O–H groups in total. The highest BCUT2D eigenvalue weighted by atomic mass is 16.5. The summed E-state index contributed by atoms with van der Waals surface area (Å²) in [6.07, 6.45) is 5.44. The molecule has 0 saturated carbocycles. The molecule has 100 valence electrons. The second-order valence-electron chi connectivity index (χ2n) is 5.31. The normalized spacial score (nSPS) is 21.1. The summed E-state index contributed by atoms with van der Waals surface area (Å²) in [6, 6.07) is 9.05. The molecule has 1 aliphatic rings. The van der Waals surface area contributed by atoms with E-state index in [1.54, 1.807) is 0 Å². The topological polar surface area (TPSA) is 21.3 Å². The van der Waals surface area contributed by atoms with E-state index in [4.69, 9.17) is 4.74 Å². The average Bonchev–Trinajstić information content (AvgIpc) is 2.88. The van der Waals surface area contributed by atoms with Gasteiger partial charge in [0.2, 0.25) is 0 Å². The summed E-state index contributed by atoms with van der Waals surface area (Å²) in [5.41, 5.74) is 2.78. The van der Waals surface area contributed by atoms with Crippen molar-refractivity contribution in [2.75, 3.05) is 13.2 Å². The van der Waals surface area contributed by atoms with Crippen molar-refractivity contribution in [2.24, 2.45) is 0 Å². The molecule has 0 amide bonds. The molecule has 1 aliphatic heterocycles. The van der Waals surface area contributed by atoms with Crippen molar-refractivity contribution < 1.29 is 4.74 Å². The van der Waals surface area contributed by atoms with E-state index in [1.807, 2.05) is 0 Å². The van der Waals surface area contributed by atoms with E-state index in [0.29, 0.717) is 12.1 Å². The predicted molar refractivity (Wildman–Crippen MR) is 75.8 cm³/mol. The van der Waals surface area contributed by atoms with Gasteiger partial charge in [-0.05, 0) is 57.2 Å². The third-order valence-electron chi connectivity index (χ3n) is 3.83. The molecule has 18 heavy (non-hydrogen) atoms. The zero-order valence-electron chi connectivity index (χ0n) is 11.6. The summed E-state index contributed by atoms with van der Waals surface area (Å²) in [5, 5.41) is 3.61. The fourth-order valence-corrected chi connectivity index (χ4v) is 2.70. The molecule has 0 bridgehead atoms. The van der Waals surface area contributed by atoms with Gasteiger partial charge in [0.1, 0.15) is 0 Å². The molecule has 0 aromatic heterocycles. The molecule has 2 rings (SSSR count). The van der Waals surface area contributed by atoms with Gasteiger partial charge in [-0.1, -0.05) is 24.3 Å². The Morgan fingerprint density at radius 1 is 1.39 bits per heavy atom. The molecule has 1 aromatic carbocycles. The number of hydrogen-bond acceptors (Lipinski definition) is 2. The smallest absolute Gasteiger partial charge is 0.0576 e. The summed E-state index contributed by atoms with van der Waals surface area (Å²) in [5.74, 6) is 0. The van der Waals surface area contributed by atoms with E-state index in [2.05, 4.69) is 43.4 Å². The summed E-state index contributed by atoms with van der Waals surface area (Å²) in [7, 11) is 0. The van der Waals surface area contributed by atoms with Crippen LogP contribution in [0.25, 0.3) is 0 Å². The van der Waals surface area contributed by atoms with Crippen molar-refractivity contribution in [3.05, 3.63) is 35.4 Å². The molecule has 1 heterocycles. The SMILES string of the molecule is Cc1ccccc1C(C)NCCCC1CCCO1. The fraction of sp³-hybridized carbons (Fsp3) is 0.625. The van der Waals surface area contributed by atoms with E-state index in [1.165, 1.54) is 36.8 Å². The van der Waals surface area contributed by atoms with Crippen molar-refractivity contribution in [1.29, 1.82) is 0 Å². The van der Waals surface area contributed by atoms with E-state index in [0.717, 1.165) is 13.2 Å². The Morgan fingerprint density at radius 3 is 2.94 bits per heavy atom. The second-order valence-corrected chi connectivity index (χ2v) is 5.31. The number of hydrogen-bond donors (Lipinski definition) is 1. The maximum absolute atomic E-state index is 5.64. The molecule has 1 saturated heterocycles. The largest absolute Gasteiger partial charge is 0.378 e. The van der Waals surface area contributed by atoms with Gasteiger partial charge in [0, 0.05) is 12.6 Å². The summed E-state index contributed by atoms with van der Waals surface area (Å²) < 4.78 is 5.64. The Bertz CT molecular complexity index is 358. The van der Waals surface area contributed by atoms with E-state index < -0.39 is 0 Å². The highest BCUT2D eigenvalue weighted by molar-refractivity contribution is 5.28. The maximum Gasteiger partial charge on any atom is 0.0576 e. The highest BCUT2D eigenvalue weighted by Gasteiger charge is 2.14. The first-order valence-electron chi connectivity index (χ1n) is 7.18. The monoisotopic (exact) mass is 247 g/mol. The molecule has 0 spiro atoms. The molecule has 1 fully saturated rings. The van der Waals surface area contributed by atoms with Gasteiger partial charge in [-0.25, -0.2) is 0 Å². The fourth-order valence-electron chi connectivity index (χ4n) is 2.70. The number of ether oxygens (including phenoxy) is 1. The minimum atomic E-state index is 0.440. The number of rotatable bonds is 6. The van der Waals surface area contributed by atoms with Crippen molar-refractivity contribution >= 4 is 0 Å². The van der Waals surface area contributed by atoms with Crippen LogP contribution in [0.3, 0.4) is 0 Å². The first kappa shape index (κ1) is 13.6. The van der Waals surface area contributed by atoms with Gasteiger partial charge in [-0.3, -0.25) is 0 Å². The van der Waals surface area contributed by atoms with E-state index in [9.17, 15) is 0 Å². The van der Waals surface area contributed by atoms with E-state index >= 15 is 0 Å². The van der Waals surface area contributed by atoms with Gasteiger partial charge >= 0.3 is 0 Å². The molecule has 0 radical (unpaired) electrons. The highest BCUT2D eigenvalue weighted by Crippen LogP contribution is 2.18. The van der Waals surface area contributed by atoms with Crippen molar-refractivity contribution in [2.45, 2.75) is 51.7 Å². The quantitative estimate of drug-likeness (QED) is 0.775. The summed E-state index contributed by atoms with van der Waals surface area (Å²) in [4.78, 5) is 0. The third kappa shape index (κ3) is 3.82. The van der Waals surface area contributed by atoms with Gasteiger partial charge in [-0.2, -0.15) is 0 Å². The molecular formula is C16H25NO. The van der Waals surface area contributed by atoms with Crippen LogP contribution in [-0.2, 0) is 4.74 Å². The van der Waals surface area contributed by atoms with Crippen molar-refractivity contribution in [3.63, 3.8) is 0 Å². The molecule has 2 heteroatoms.